The van der Waals surface area contributed by atoms with Gasteiger partial charge in [-0.2, -0.15) is 0 Å². The van der Waals surface area contributed by atoms with Gasteiger partial charge < -0.3 is 5.73 Å². The second kappa shape index (κ2) is 8.80. The van der Waals surface area contributed by atoms with E-state index in [-0.39, 0.29) is 0 Å². The van der Waals surface area contributed by atoms with E-state index in [0.717, 1.165) is 48.1 Å². The minimum absolute atomic E-state index is 0.760. The summed E-state index contributed by atoms with van der Waals surface area (Å²) in [6, 6.07) is 0. The van der Waals surface area contributed by atoms with Crippen LogP contribution in [-0.4, -0.2) is 0 Å². The van der Waals surface area contributed by atoms with Crippen LogP contribution in [-0.2, 0) is 0 Å². The highest BCUT2D eigenvalue weighted by Gasteiger charge is 2.04. The van der Waals surface area contributed by atoms with Crippen molar-refractivity contribution in [2.75, 3.05) is 0 Å². The standard InChI is InChI=1S/C20H25N/c1-5-6-7-16(2)14-17(3)8-9-18(4)15-19-10-12-20(21)13-11-19/h5-10,12H,1-4,11,13-15,21H2/b7-6-,9-8-. The van der Waals surface area contributed by atoms with Crippen LogP contribution in [0.5, 0.6) is 0 Å². The first-order chi connectivity index (χ1) is 10.0. The van der Waals surface area contributed by atoms with Crippen molar-refractivity contribution in [3.05, 3.63) is 96.8 Å². The van der Waals surface area contributed by atoms with Crippen LogP contribution in [0.1, 0.15) is 25.7 Å². The highest BCUT2D eigenvalue weighted by atomic mass is 14.6. The Balaban J connectivity index is 2.43. The van der Waals surface area contributed by atoms with Crippen LogP contribution in [0.3, 0.4) is 0 Å². The smallest absolute Gasteiger partial charge is 0.00836 e. The predicted octanol–water partition coefficient (Wildman–Crippen LogP) is 5.30. The summed E-state index contributed by atoms with van der Waals surface area (Å²) in [5.74, 6) is 0. The molecule has 110 valence electrons. The SMILES string of the molecule is C=C/C=C\C(=C)CC(=C)/C=C\C(=C)CC1=CC=C(N)CC1. The van der Waals surface area contributed by atoms with Gasteiger partial charge in [0.2, 0.25) is 0 Å². The minimum Gasteiger partial charge on any atom is -0.402 e. The van der Waals surface area contributed by atoms with Crippen LogP contribution in [0.2, 0.25) is 0 Å². The third kappa shape index (κ3) is 7.17. The highest BCUT2D eigenvalue weighted by molar-refractivity contribution is 5.34. The summed E-state index contributed by atoms with van der Waals surface area (Å²) in [5, 5.41) is 0. The maximum atomic E-state index is 5.76. The molecule has 0 atom stereocenters. The highest BCUT2D eigenvalue weighted by Crippen LogP contribution is 2.22. The Bertz CT molecular complexity index is 550. The fourth-order valence-electron chi connectivity index (χ4n) is 2.04. The third-order valence-corrected chi connectivity index (χ3v) is 3.20. The number of allylic oxidation sites excluding steroid dienone is 12. The molecule has 1 aliphatic carbocycles. The lowest BCUT2D eigenvalue weighted by molar-refractivity contribution is 0.861. The van der Waals surface area contributed by atoms with Crippen LogP contribution >= 0.6 is 0 Å². The van der Waals surface area contributed by atoms with E-state index in [4.69, 9.17) is 5.73 Å². The lowest BCUT2D eigenvalue weighted by Crippen LogP contribution is -2.01. The number of nitrogens with two attached hydrogens (primary N) is 1. The molecule has 0 aliphatic heterocycles. The molecule has 0 aromatic rings. The Morgan fingerprint density at radius 2 is 1.67 bits per heavy atom. The van der Waals surface area contributed by atoms with Crippen molar-refractivity contribution < 1.29 is 0 Å². The topological polar surface area (TPSA) is 26.0 Å². The fourth-order valence-corrected chi connectivity index (χ4v) is 2.04. The largest absolute Gasteiger partial charge is 0.402 e. The van der Waals surface area contributed by atoms with Crippen LogP contribution < -0.4 is 5.73 Å². The molecule has 2 N–H and O–H groups in total. The Morgan fingerprint density at radius 1 is 1.00 bits per heavy atom. The maximum absolute atomic E-state index is 5.76. The van der Waals surface area contributed by atoms with Crippen molar-refractivity contribution in [3.8, 4) is 0 Å². The fraction of sp³-hybridized carbons (Fsp3) is 0.200. The molecule has 21 heavy (non-hydrogen) atoms. The van der Waals surface area contributed by atoms with Gasteiger partial charge in [-0.15, -0.1) is 0 Å². The van der Waals surface area contributed by atoms with E-state index in [0.29, 0.717) is 0 Å². The zero-order valence-electron chi connectivity index (χ0n) is 12.8. The van der Waals surface area contributed by atoms with Crippen LogP contribution in [0.4, 0.5) is 0 Å². The Labute approximate surface area is 128 Å². The summed E-state index contributed by atoms with van der Waals surface area (Å²) in [4.78, 5) is 0. The molecular weight excluding hydrogens is 254 g/mol. The van der Waals surface area contributed by atoms with Gasteiger partial charge in [0.05, 0.1) is 0 Å². The van der Waals surface area contributed by atoms with Crippen molar-refractivity contribution in [2.45, 2.75) is 25.7 Å². The summed E-state index contributed by atoms with van der Waals surface area (Å²) in [6.07, 6.45) is 17.4. The predicted molar refractivity (Wildman–Crippen MR) is 94.7 cm³/mol. The van der Waals surface area contributed by atoms with Crippen molar-refractivity contribution in [1.82, 2.24) is 0 Å². The molecule has 1 aliphatic rings. The first-order valence-corrected chi connectivity index (χ1v) is 7.16. The van der Waals surface area contributed by atoms with E-state index in [2.05, 4.69) is 32.4 Å². The summed E-state index contributed by atoms with van der Waals surface area (Å²) in [6.45, 7) is 15.8. The lowest BCUT2D eigenvalue weighted by atomic mass is 9.96. The van der Waals surface area contributed by atoms with E-state index >= 15 is 0 Å². The second-order valence-electron chi connectivity index (χ2n) is 5.32. The molecule has 1 heteroatoms. The van der Waals surface area contributed by atoms with E-state index in [9.17, 15) is 0 Å². The summed E-state index contributed by atoms with van der Waals surface area (Å²) >= 11 is 0. The average molecular weight is 279 g/mol. The van der Waals surface area contributed by atoms with E-state index in [1.165, 1.54) is 5.57 Å². The van der Waals surface area contributed by atoms with Crippen molar-refractivity contribution in [1.29, 1.82) is 0 Å². The molecule has 0 aromatic carbocycles. The Hall–Kier alpha value is -2.28. The summed E-state index contributed by atoms with van der Waals surface area (Å²) in [5.41, 5.74) is 11.2. The van der Waals surface area contributed by atoms with Crippen LogP contribution in [0, 0.1) is 0 Å². The number of rotatable bonds is 8. The molecule has 0 bridgehead atoms. The number of hydrogen-bond donors (Lipinski definition) is 1. The molecule has 0 radical (unpaired) electrons. The zero-order valence-corrected chi connectivity index (χ0v) is 12.8. The van der Waals surface area contributed by atoms with Crippen LogP contribution in [0.25, 0.3) is 0 Å². The molecule has 0 saturated heterocycles. The van der Waals surface area contributed by atoms with Gasteiger partial charge in [-0.3, -0.25) is 0 Å². The zero-order chi connectivity index (χ0) is 15.7. The van der Waals surface area contributed by atoms with Gasteiger partial charge in [0.15, 0.2) is 0 Å². The number of hydrogen-bond acceptors (Lipinski definition) is 1. The second-order valence-corrected chi connectivity index (χ2v) is 5.32. The van der Waals surface area contributed by atoms with Gasteiger partial charge in [-0.1, -0.05) is 85.1 Å². The monoisotopic (exact) mass is 279 g/mol. The Morgan fingerprint density at radius 3 is 2.29 bits per heavy atom. The van der Waals surface area contributed by atoms with E-state index < -0.39 is 0 Å². The quantitative estimate of drug-likeness (QED) is 0.600. The van der Waals surface area contributed by atoms with Gasteiger partial charge >= 0.3 is 0 Å². The lowest BCUT2D eigenvalue weighted by Gasteiger charge is -2.11. The summed E-state index contributed by atoms with van der Waals surface area (Å²) in [7, 11) is 0. The van der Waals surface area contributed by atoms with E-state index in [1.807, 2.05) is 30.4 Å². The first kappa shape index (κ1) is 16.8. The van der Waals surface area contributed by atoms with Gasteiger partial charge in [0.1, 0.15) is 0 Å². The molecule has 0 saturated carbocycles. The van der Waals surface area contributed by atoms with Gasteiger partial charge in [-0.25, -0.2) is 0 Å². The van der Waals surface area contributed by atoms with Gasteiger partial charge in [-0.05, 0) is 31.8 Å². The van der Waals surface area contributed by atoms with Crippen molar-refractivity contribution in [2.24, 2.45) is 5.73 Å². The average Bonchev–Trinajstić information content (AvgIpc) is 2.45. The van der Waals surface area contributed by atoms with E-state index in [1.54, 1.807) is 6.08 Å². The molecule has 0 heterocycles. The summed E-state index contributed by atoms with van der Waals surface area (Å²) < 4.78 is 0. The van der Waals surface area contributed by atoms with Crippen molar-refractivity contribution >= 4 is 0 Å². The van der Waals surface area contributed by atoms with Crippen LogP contribution in [0.15, 0.2) is 96.8 Å². The molecule has 0 amide bonds. The Kier molecular flexibility index (Phi) is 7.03. The normalized spacial score (nSPS) is 14.9. The molecule has 1 rings (SSSR count). The van der Waals surface area contributed by atoms with Crippen molar-refractivity contribution in [3.63, 3.8) is 0 Å². The molecule has 0 spiro atoms. The maximum Gasteiger partial charge on any atom is 0.00836 e. The molecule has 1 nitrogen and oxygen atoms in total. The molecule has 0 aromatic heterocycles. The minimum atomic E-state index is 0.760. The molecule has 0 unspecified atom stereocenters. The third-order valence-electron chi connectivity index (χ3n) is 3.20. The first-order valence-electron chi connectivity index (χ1n) is 7.16. The molecular formula is C20H25N. The molecule has 0 fully saturated rings. The van der Waals surface area contributed by atoms with Gasteiger partial charge in [0, 0.05) is 5.70 Å². The van der Waals surface area contributed by atoms with Gasteiger partial charge in [0.25, 0.3) is 0 Å².